The quantitative estimate of drug-likeness (QED) is 0.634. The molecule has 0 saturated heterocycles. The molecular weight excluding hydrogens is 170 g/mol. The fourth-order valence-corrected chi connectivity index (χ4v) is 0.722. The lowest BCUT2D eigenvalue weighted by Crippen LogP contribution is -2.49. The number of hydrogen-bond acceptors (Lipinski definition) is 2. The Hall–Kier alpha value is -1.26. The molecule has 0 aliphatic rings. The van der Waals surface area contributed by atoms with Crippen molar-refractivity contribution in [3.63, 3.8) is 0 Å². The van der Waals surface area contributed by atoms with E-state index in [2.05, 4.69) is 5.32 Å². The van der Waals surface area contributed by atoms with Gasteiger partial charge < -0.3 is 16.0 Å². The fraction of sp³-hybridized carbons (Fsp3) is 0.750. The van der Waals surface area contributed by atoms with Gasteiger partial charge in [-0.2, -0.15) is 0 Å². The first kappa shape index (κ1) is 11.7. The molecule has 0 aromatic heterocycles. The first-order valence-corrected chi connectivity index (χ1v) is 4.04. The summed E-state index contributed by atoms with van der Waals surface area (Å²) in [6, 6.07) is -0.300. The number of carbonyl (C=O) groups excluding carboxylic acids is 2. The van der Waals surface area contributed by atoms with E-state index in [1.54, 1.807) is 0 Å². The molecule has 0 aliphatic heterocycles. The van der Waals surface area contributed by atoms with Crippen LogP contribution in [0.25, 0.3) is 0 Å². The molecule has 0 aromatic carbocycles. The number of hydrogen-bond donors (Lipinski definition) is 2. The third-order valence-electron chi connectivity index (χ3n) is 1.22. The van der Waals surface area contributed by atoms with Crippen molar-refractivity contribution in [2.45, 2.75) is 26.3 Å². The molecule has 5 nitrogen and oxygen atoms in total. The highest BCUT2D eigenvalue weighted by molar-refractivity contribution is 5.82. The minimum Gasteiger partial charge on any atom is -0.368 e. The Morgan fingerprint density at radius 2 is 1.85 bits per heavy atom. The van der Waals surface area contributed by atoms with Crippen LogP contribution >= 0.6 is 0 Å². The predicted molar refractivity (Wildman–Crippen MR) is 50.1 cm³/mol. The fourth-order valence-electron chi connectivity index (χ4n) is 0.722. The number of likely N-dealkylation sites (N-methyl/N-ethyl adjacent to an activating group) is 1. The van der Waals surface area contributed by atoms with Gasteiger partial charge in [-0.15, -0.1) is 0 Å². The Morgan fingerprint density at radius 1 is 1.38 bits per heavy atom. The lowest BCUT2D eigenvalue weighted by molar-refractivity contribution is -0.118. The maximum absolute atomic E-state index is 11.3. The van der Waals surface area contributed by atoms with Gasteiger partial charge in [-0.05, 0) is 20.8 Å². The second-order valence-corrected chi connectivity index (χ2v) is 4.00. The summed E-state index contributed by atoms with van der Waals surface area (Å²) in [5.41, 5.74) is 4.63. The number of primary amides is 1. The average Bonchev–Trinajstić information content (AvgIpc) is 1.81. The third kappa shape index (κ3) is 5.95. The summed E-state index contributed by atoms with van der Waals surface area (Å²) in [5, 5.41) is 2.70. The summed E-state index contributed by atoms with van der Waals surface area (Å²) in [6.45, 7) is 5.52. The maximum Gasteiger partial charge on any atom is 0.318 e. The van der Waals surface area contributed by atoms with Gasteiger partial charge in [0.25, 0.3) is 0 Å². The van der Waals surface area contributed by atoms with E-state index in [4.69, 9.17) is 5.73 Å². The molecule has 3 amide bonds. The van der Waals surface area contributed by atoms with Gasteiger partial charge in [-0.3, -0.25) is 4.79 Å². The minimum absolute atomic E-state index is 0.0675. The molecule has 5 heteroatoms. The van der Waals surface area contributed by atoms with E-state index >= 15 is 0 Å². The van der Waals surface area contributed by atoms with Crippen LogP contribution in [0.15, 0.2) is 0 Å². The first-order chi connectivity index (χ1) is 5.72. The second-order valence-electron chi connectivity index (χ2n) is 4.00. The van der Waals surface area contributed by atoms with Crippen LogP contribution in [-0.4, -0.2) is 36.0 Å². The van der Waals surface area contributed by atoms with E-state index < -0.39 is 5.91 Å². The van der Waals surface area contributed by atoms with Crippen LogP contribution in [0.3, 0.4) is 0 Å². The molecule has 0 unspecified atom stereocenters. The van der Waals surface area contributed by atoms with Gasteiger partial charge in [0.2, 0.25) is 5.91 Å². The highest BCUT2D eigenvalue weighted by Crippen LogP contribution is 1.99. The van der Waals surface area contributed by atoms with Crippen LogP contribution in [0.5, 0.6) is 0 Å². The van der Waals surface area contributed by atoms with Crippen LogP contribution in [-0.2, 0) is 4.79 Å². The van der Waals surface area contributed by atoms with E-state index in [9.17, 15) is 9.59 Å². The van der Waals surface area contributed by atoms with Crippen molar-refractivity contribution in [3.8, 4) is 0 Å². The molecule has 13 heavy (non-hydrogen) atoms. The zero-order valence-electron chi connectivity index (χ0n) is 8.55. The van der Waals surface area contributed by atoms with E-state index in [1.807, 2.05) is 20.8 Å². The third-order valence-corrected chi connectivity index (χ3v) is 1.22. The van der Waals surface area contributed by atoms with E-state index in [-0.39, 0.29) is 18.1 Å². The predicted octanol–water partition coefficient (Wildman–Crippen LogP) is -0.0884. The summed E-state index contributed by atoms with van der Waals surface area (Å²) >= 11 is 0. The lowest BCUT2D eigenvalue weighted by Gasteiger charge is -2.24. The largest absolute Gasteiger partial charge is 0.368 e. The molecule has 0 fully saturated rings. The van der Waals surface area contributed by atoms with Crippen LogP contribution in [0, 0.1) is 0 Å². The molecule has 0 radical (unpaired) electrons. The van der Waals surface area contributed by atoms with Crippen LogP contribution in [0.2, 0.25) is 0 Å². The van der Waals surface area contributed by atoms with Crippen molar-refractivity contribution >= 4 is 11.9 Å². The zero-order chi connectivity index (χ0) is 10.6. The Kier molecular flexibility index (Phi) is 3.71. The molecule has 0 aromatic rings. The van der Waals surface area contributed by atoms with Crippen LogP contribution in [0.4, 0.5) is 4.79 Å². The second kappa shape index (κ2) is 4.11. The Bertz CT molecular complexity index is 208. The summed E-state index contributed by atoms with van der Waals surface area (Å²) in [4.78, 5) is 23.0. The Balaban J connectivity index is 4.05. The molecule has 0 rings (SSSR count). The number of nitrogens with zero attached hydrogens (tertiary/aromatic N) is 1. The van der Waals surface area contributed by atoms with Crippen LogP contribution in [0.1, 0.15) is 20.8 Å². The van der Waals surface area contributed by atoms with Crippen molar-refractivity contribution in [2.24, 2.45) is 5.73 Å². The highest BCUT2D eigenvalue weighted by atomic mass is 16.2. The summed E-state index contributed by atoms with van der Waals surface area (Å²) < 4.78 is 0. The van der Waals surface area contributed by atoms with Gasteiger partial charge in [0.1, 0.15) is 6.54 Å². The molecule has 0 aliphatic carbocycles. The molecule has 3 N–H and O–H groups in total. The zero-order valence-corrected chi connectivity index (χ0v) is 8.55. The van der Waals surface area contributed by atoms with Crippen LogP contribution < -0.4 is 11.1 Å². The van der Waals surface area contributed by atoms with E-state index in [0.717, 1.165) is 0 Å². The smallest absolute Gasteiger partial charge is 0.318 e. The molecular formula is C8H17N3O2. The Labute approximate surface area is 78.3 Å². The molecule has 0 heterocycles. The number of carbonyl (C=O) groups is 2. The SMILES string of the molecule is CN(CC(N)=O)C(=O)NC(C)(C)C. The number of rotatable bonds is 2. The minimum atomic E-state index is -0.522. The van der Waals surface area contributed by atoms with Crippen molar-refractivity contribution in [3.05, 3.63) is 0 Å². The standard InChI is InChI=1S/C8H17N3O2/c1-8(2,3)10-7(13)11(4)5-6(9)12/h5H2,1-4H3,(H2,9,12)(H,10,13). The van der Waals surface area contributed by atoms with E-state index in [1.165, 1.54) is 11.9 Å². The van der Waals surface area contributed by atoms with Crippen molar-refractivity contribution in [1.82, 2.24) is 10.2 Å². The molecule has 0 atom stereocenters. The van der Waals surface area contributed by atoms with Gasteiger partial charge in [-0.1, -0.05) is 0 Å². The van der Waals surface area contributed by atoms with Gasteiger partial charge in [-0.25, -0.2) is 4.79 Å². The van der Waals surface area contributed by atoms with Crippen molar-refractivity contribution < 1.29 is 9.59 Å². The average molecular weight is 187 g/mol. The van der Waals surface area contributed by atoms with Gasteiger partial charge in [0, 0.05) is 12.6 Å². The number of urea groups is 1. The number of amides is 3. The summed E-state index contributed by atoms with van der Waals surface area (Å²) in [7, 11) is 1.52. The maximum atomic E-state index is 11.3. The van der Waals surface area contributed by atoms with Crippen molar-refractivity contribution in [2.75, 3.05) is 13.6 Å². The highest BCUT2D eigenvalue weighted by Gasteiger charge is 2.17. The molecule has 0 spiro atoms. The molecule has 76 valence electrons. The normalized spacial score (nSPS) is 10.8. The topological polar surface area (TPSA) is 75.4 Å². The van der Waals surface area contributed by atoms with Gasteiger partial charge in [0.05, 0.1) is 0 Å². The number of nitrogens with one attached hydrogen (secondary N) is 1. The monoisotopic (exact) mass is 187 g/mol. The molecule has 0 bridgehead atoms. The lowest BCUT2D eigenvalue weighted by atomic mass is 10.1. The molecule has 0 saturated carbocycles. The Morgan fingerprint density at radius 3 is 2.15 bits per heavy atom. The summed E-state index contributed by atoms with van der Waals surface area (Å²) in [5.74, 6) is -0.522. The summed E-state index contributed by atoms with van der Waals surface area (Å²) in [6.07, 6.45) is 0. The van der Waals surface area contributed by atoms with Crippen molar-refractivity contribution in [1.29, 1.82) is 0 Å². The first-order valence-electron chi connectivity index (χ1n) is 4.04. The van der Waals surface area contributed by atoms with Gasteiger partial charge >= 0.3 is 6.03 Å². The number of nitrogens with two attached hydrogens (primary N) is 1. The van der Waals surface area contributed by atoms with E-state index in [0.29, 0.717) is 0 Å². The van der Waals surface area contributed by atoms with Gasteiger partial charge in [0.15, 0.2) is 0 Å².